The van der Waals surface area contributed by atoms with E-state index in [-0.39, 0.29) is 0 Å². The molecule has 1 N–H and O–H groups in total. The van der Waals surface area contributed by atoms with Crippen molar-refractivity contribution >= 4 is 5.97 Å². The van der Waals surface area contributed by atoms with Gasteiger partial charge in [0.2, 0.25) is 0 Å². The Morgan fingerprint density at radius 3 is 2.75 bits per heavy atom. The SMILES string of the molecule is COc1ccc(-c2nnc3n2C(C(=O)O)CCC3)cc1. The molecule has 2 heterocycles. The van der Waals surface area contributed by atoms with Crippen LogP contribution in [0.4, 0.5) is 0 Å². The Balaban J connectivity index is 2.06. The molecule has 0 radical (unpaired) electrons. The number of hydrogen-bond donors (Lipinski definition) is 1. The van der Waals surface area contributed by atoms with E-state index in [9.17, 15) is 9.90 Å². The number of aryl methyl sites for hydroxylation is 1. The maximum Gasteiger partial charge on any atom is 0.326 e. The predicted molar refractivity (Wildman–Crippen MR) is 71.6 cm³/mol. The second-order valence-electron chi connectivity index (χ2n) is 4.78. The largest absolute Gasteiger partial charge is 0.497 e. The van der Waals surface area contributed by atoms with Gasteiger partial charge in [0.1, 0.15) is 17.6 Å². The minimum atomic E-state index is -0.833. The highest BCUT2D eigenvalue weighted by molar-refractivity contribution is 5.73. The van der Waals surface area contributed by atoms with Gasteiger partial charge in [-0.05, 0) is 37.1 Å². The number of ether oxygens (including phenoxy) is 1. The van der Waals surface area contributed by atoms with Crippen molar-refractivity contribution in [3.05, 3.63) is 30.1 Å². The van der Waals surface area contributed by atoms with Crippen LogP contribution >= 0.6 is 0 Å². The molecular weight excluding hydrogens is 258 g/mol. The zero-order valence-corrected chi connectivity index (χ0v) is 11.1. The number of aromatic nitrogens is 3. The molecular formula is C14H15N3O3. The summed E-state index contributed by atoms with van der Waals surface area (Å²) < 4.78 is 6.87. The van der Waals surface area contributed by atoms with Crippen LogP contribution in [0.25, 0.3) is 11.4 Å². The van der Waals surface area contributed by atoms with Gasteiger partial charge in [-0.2, -0.15) is 0 Å². The van der Waals surface area contributed by atoms with Gasteiger partial charge >= 0.3 is 5.97 Å². The van der Waals surface area contributed by atoms with E-state index in [0.717, 1.165) is 30.0 Å². The second-order valence-corrected chi connectivity index (χ2v) is 4.78. The van der Waals surface area contributed by atoms with Crippen molar-refractivity contribution in [1.29, 1.82) is 0 Å². The first-order valence-electron chi connectivity index (χ1n) is 6.51. The lowest BCUT2D eigenvalue weighted by atomic mass is 10.0. The van der Waals surface area contributed by atoms with E-state index in [1.165, 1.54) is 0 Å². The average molecular weight is 273 g/mol. The zero-order valence-electron chi connectivity index (χ0n) is 11.1. The predicted octanol–water partition coefficient (Wildman–Crippen LogP) is 1.92. The third-order valence-electron chi connectivity index (χ3n) is 3.59. The minimum Gasteiger partial charge on any atom is -0.497 e. The highest BCUT2D eigenvalue weighted by Crippen LogP contribution is 2.30. The van der Waals surface area contributed by atoms with E-state index in [0.29, 0.717) is 12.2 Å². The minimum absolute atomic E-state index is 0.578. The maximum absolute atomic E-state index is 11.4. The number of methoxy groups -OCH3 is 1. The normalized spacial score (nSPS) is 17.6. The smallest absolute Gasteiger partial charge is 0.326 e. The number of carboxylic acid groups (broad SMARTS) is 1. The standard InChI is InChI=1S/C14H15N3O3/c1-20-10-7-5-9(6-8-10)13-16-15-12-4-2-3-11(14(18)19)17(12)13/h5-8,11H,2-4H2,1H3,(H,18,19). The fourth-order valence-electron chi connectivity index (χ4n) is 2.58. The monoisotopic (exact) mass is 273 g/mol. The third-order valence-corrected chi connectivity index (χ3v) is 3.59. The molecule has 2 aromatic rings. The Kier molecular flexibility index (Phi) is 3.14. The molecule has 3 rings (SSSR count). The summed E-state index contributed by atoms with van der Waals surface area (Å²) in [5.41, 5.74) is 0.845. The van der Waals surface area contributed by atoms with Crippen LogP contribution in [-0.2, 0) is 11.2 Å². The summed E-state index contributed by atoms with van der Waals surface area (Å²) in [7, 11) is 1.61. The number of nitrogens with zero attached hydrogens (tertiary/aromatic N) is 3. The molecule has 0 spiro atoms. The van der Waals surface area contributed by atoms with Crippen LogP contribution in [0.5, 0.6) is 5.75 Å². The van der Waals surface area contributed by atoms with Gasteiger partial charge < -0.3 is 9.84 Å². The van der Waals surface area contributed by atoms with Gasteiger partial charge in [0, 0.05) is 12.0 Å². The van der Waals surface area contributed by atoms with Gasteiger partial charge in [-0.15, -0.1) is 10.2 Å². The summed E-state index contributed by atoms with van der Waals surface area (Å²) in [4.78, 5) is 11.4. The van der Waals surface area contributed by atoms with E-state index >= 15 is 0 Å². The van der Waals surface area contributed by atoms with Gasteiger partial charge in [0.05, 0.1) is 7.11 Å². The molecule has 1 aromatic heterocycles. The molecule has 0 fully saturated rings. The van der Waals surface area contributed by atoms with Crippen LogP contribution in [-0.4, -0.2) is 33.0 Å². The molecule has 6 nitrogen and oxygen atoms in total. The topological polar surface area (TPSA) is 77.2 Å². The zero-order chi connectivity index (χ0) is 14.1. The molecule has 1 atom stereocenters. The first-order chi connectivity index (χ1) is 9.70. The summed E-state index contributed by atoms with van der Waals surface area (Å²) in [5, 5.41) is 17.7. The fourth-order valence-corrected chi connectivity index (χ4v) is 2.58. The van der Waals surface area contributed by atoms with E-state index in [4.69, 9.17) is 4.74 Å². The van der Waals surface area contributed by atoms with Crippen molar-refractivity contribution < 1.29 is 14.6 Å². The molecule has 20 heavy (non-hydrogen) atoms. The lowest BCUT2D eigenvalue weighted by Crippen LogP contribution is -2.25. The van der Waals surface area contributed by atoms with Gasteiger partial charge in [0.15, 0.2) is 5.82 Å². The highest BCUT2D eigenvalue weighted by Gasteiger charge is 2.30. The average Bonchev–Trinajstić information content (AvgIpc) is 2.91. The van der Waals surface area contributed by atoms with Crippen LogP contribution in [0.2, 0.25) is 0 Å². The van der Waals surface area contributed by atoms with Crippen LogP contribution in [0, 0.1) is 0 Å². The van der Waals surface area contributed by atoms with Crippen LogP contribution < -0.4 is 4.74 Å². The quantitative estimate of drug-likeness (QED) is 0.924. The van der Waals surface area contributed by atoms with Crippen molar-refractivity contribution in [2.24, 2.45) is 0 Å². The van der Waals surface area contributed by atoms with Crippen molar-refractivity contribution in [3.8, 4) is 17.1 Å². The molecule has 104 valence electrons. The summed E-state index contributed by atoms with van der Waals surface area (Å²) in [6, 6.07) is 6.81. The Labute approximate surface area is 116 Å². The summed E-state index contributed by atoms with van der Waals surface area (Å²) in [6.07, 6.45) is 2.22. The van der Waals surface area contributed by atoms with E-state index in [1.54, 1.807) is 11.7 Å². The van der Waals surface area contributed by atoms with Crippen molar-refractivity contribution in [1.82, 2.24) is 14.8 Å². The molecule has 1 aromatic carbocycles. The van der Waals surface area contributed by atoms with Crippen LogP contribution in [0.1, 0.15) is 24.7 Å². The van der Waals surface area contributed by atoms with E-state index in [1.807, 2.05) is 24.3 Å². The van der Waals surface area contributed by atoms with Gasteiger partial charge in [-0.25, -0.2) is 4.79 Å². The molecule has 0 aliphatic carbocycles. The van der Waals surface area contributed by atoms with Crippen molar-refractivity contribution in [3.63, 3.8) is 0 Å². The molecule has 1 aliphatic heterocycles. The molecule has 1 aliphatic rings. The molecule has 0 amide bonds. The number of carboxylic acids is 1. The van der Waals surface area contributed by atoms with Crippen molar-refractivity contribution in [2.45, 2.75) is 25.3 Å². The number of hydrogen-bond acceptors (Lipinski definition) is 4. The molecule has 0 saturated heterocycles. The first-order valence-corrected chi connectivity index (χ1v) is 6.51. The van der Waals surface area contributed by atoms with Gasteiger partial charge in [-0.1, -0.05) is 0 Å². The van der Waals surface area contributed by atoms with Gasteiger partial charge in [0.25, 0.3) is 0 Å². The number of aliphatic carboxylic acids is 1. The van der Waals surface area contributed by atoms with Crippen molar-refractivity contribution in [2.75, 3.05) is 7.11 Å². The lowest BCUT2D eigenvalue weighted by Gasteiger charge is -2.22. The number of fused-ring (bicyclic) bond motifs is 1. The first kappa shape index (κ1) is 12.7. The van der Waals surface area contributed by atoms with Crippen LogP contribution in [0.3, 0.4) is 0 Å². The summed E-state index contributed by atoms with van der Waals surface area (Å²) in [6.45, 7) is 0. The Morgan fingerprint density at radius 1 is 1.35 bits per heavy atom. The third kappa shape index (κ3) is 2.03. The van der Waals surface area contributed by atoms with Crippen LogP contribution in [0.15, 0.2) is 24.3 Å². The summed E-state index contributed by atoms with van der Waals surface area (Å²) in [5.74, 6) is 1.27. The fraction of sp³-hybridized carbons (Fsp3) is 0.357. The second kappa shape index (κ2) is 4.96. The Hall–Kier alpha value is -2.37. The molecule has 6 heteroatoms. The molecule has 1 unspecified atom stereocenters. The van der Waals surface area contributed by atoms with E-state index < -0.39 is 12.0 Å². The number of rotatable bonds is 3. The molecule has 0 bridgehead atoms. The maximum atomic E-state index is 11.4. The lowest BCUT2D eigenvalue weighted by molar-refractivity contribution is -0.141. The molecule has 0 saturated carbocycles. The van der Waals surface area contributed by atoms with Gasteiger partial charge in [-0.3, -0.25) is 4.57 Å². The van der Waals surface area contributed by atoms with E-state index in [2.05, 4.69) is 10.2 Å². The Morgan fingerprint density at radius 2 is 2.10 bits per heavy atom. The number of carbonyl (C=O) groups is 1. The summed E-state index contributed by atoms with van der Waals surface area (Å²) >= 11 is 0. The highest BCUT2D eigenvalue weighted by atomic mass is 16.5. The Bertz CT molecular complexity index is 634. The number of benzene rings is 1.